The molecule has 0 radical (unpaired) electrons. The van der Waals surface area contributed by atoms with E-state index < -0.39 is 0 Å². The maximum absolute atomic E-state index is 5.72. The first-order valence-corrected chi connectivity index (χ1v) is 8.11. The SMILES string of the molecule is CCNC(CSc1nnc(C)o1)c1ccccc1OCC. The van der Waals surface area contributed by atoms with Crippen LogP contribution in [0.4, 0.5) is 0 Å². The number of rotatable bonds is 8. The Morgan fingerprint density at radius 1 is 1.29 bits per heavy atom. The summed E-state index contributed by atoms with van der Waals surface area (Å²) in [5.74, 6) is 2.32. The minimum atomic E-state index is 0.176. The predicted octanol–water partition coefficient (Wildman–Crippen LogP) is 3.22. The van der Waals surface area contributed by atoms with Gasteiger partial charge in [0, 0.05) is 24.3 Å². The summed E-state index contributed by atoms with van der Waals surface area (Å²) in [6, 6.07) is 8.30. The first kappa shape index (κ1) is 15.9. The van der Waals surface area contributed by atoms with Crippen LogP contribution in [0.2, 0.25) is 0 Å². The van der Waals surface area contributed by atoms with Crippen LogP contribution in [-0.4, -0.2) is 29.1 Å². The normalized spacial score (nSPS) is 12.3. The van der Waals surface area contributed by atoms with E-state index >= 15 is 0 Å². The molecule has 5 nitrogen and oxygen atoms in total. The molecule has 0 aliphatic rings. The van der Waals surface area contributed by atoms with Crippen LogP contribution in [0.3, 0.4) is 0 Å². The molecule has 0 bridgehead atoms. The highest BCUT2D eigenvalue weighted by molar-refractivity contribution is 7.99. The number of aryl methyl sites for hydroxylation is 1. The van der Waals surface area contributed by atoms with Crippen molar-refractivity contribution in [2.45, 2.75) is 32.0 Å². The van der Waals surface area contributed by atoms with Crippen molar-refractivity contribution in [3.8, 4) is 5.75 Å². The zero-order valence-corrected chi connectivity index (χ0v) is 13.4. The number of aromatic nitrogens is 2. The van der Waals surface area contributed by atoms with E-state index in [1.807, 2.05) is 25.1 Å². The molecule has 1 atom stereocenters. The monoisotopic (exact) mass is 307 g/mol. The number of hydrogen-bond donors (Lipinski definition) is 1. The predicted molar refractivity (Wildman–Crippen MR) is 83.8 cm³/mol. The van der Waals surface area contributed by atoms with Gasteiger partial charge in [-0.2, -0.15) is 0 Å². The quantitative estimate of drug-likeness (QED) is 0.756. The molecule has 1 N–H and O–H groups in total. The maximum atomic E-state index is 5.72. The Labute approximate surface area is 129 Å². The third-order valence-electron chi connectivity index (χ3n) is 2.93. The third-order valence-corrected chi connectivity index (χ3v) is 3.84. The number of para-hydroxylation sites is 1. The van der Waals surface area contributed by atoms with Gasteiger partial charge in [-0.15, -0.1) is 10.2 Å². The van der Waals surface area contributed by atoms with Gasteiger partial charge in [-0.1, -0.05) is 36.9 Å². The zero-order chi connectivity index (χ0) is 15.1. The smallest absolute Gasteiger partial charge is 0.276 e. The van der Waals surface area contributed by atoms with Crippen LogP contribution in [-0.2, 0) is 0 Å². The van der Waals surface area contributed by atoms with E-state index in [0.29, 0.717) is 17.7 Å². The summed E-state index contributed by atoms with van der Waals surface area (Å²) in [6.45, 7) is 7.43. The Balaban J connectivity index is 2.10. The van der Waals surface area contributed by atoms with Crippen molar-refractivity contribution < 1.29 is 9.15 Å². The van der Waals surface area contributed by atoms with Crippen molar-refractivity contribution in [2.75, 3.05) is 18.9 Å². The summed E-state index contributed by atoms with van der Waals surface area (Å²) in [6.07, 6.45) is 0. The van der Waals surface area contributed by atoms with Gasteiger partial charge in [0.1, 0.15) is 5.75 Å². The Kier molecular flexibility index (Phi) is 6.07. The average Bonchev–Trinajstić information content (AvgIpc) is 2.90. The number of hydrogen-bond acceptors (Lipinski definition) is 6. The van der Waals surface area contributed by atoms with Crippen molar-refractivity contribution in [1.82, 2.24) is 15.5 Å². The van der Waals surface area contributed by atoms with E-state index in [2.05, 4.69) is 28.5 Å². The molecule has 6 heteroatoms. The molecular weight excluding hydrogens is 286 g/mol. The minimum absolute atomic E-state index is 0.176. The Bertz CT molecular complexity index is 559. The summed E-state index contributed by atoms with van der Waals surface area (Å²) in [7, 11) is 0. The van der Waals surface area contributed by atoms with Gasteiger partial charge in [-0.3, -0.25) is 0 Å². The molecule has 0 aliphatic carbocycles. The summed E-state index contributed by atoms with van der Waals surface area (Å²) in [5.41, 5.74) is 1.16. The van der Waals surface area contributed by atoms with Crippen LogP contribution < -0.4 is 10.1 Å². The molecule has 2 aromatic rings. The lowest BCUT2D eigenvalue weighted by Gasteiger charge is -2.20. The molecule has 1 aromatic heterocycles. The molecule has 1 unspecified atom stereocenters. The van der Waals surface area contributed by atoms with Gasteiger partial charge >= 0.3 is 0 Å². The van der Waals surface area contributed by atoms with E-state index in [4.69, 9.17) is 9.15 Å². The van der Waals surface area contributed by atoms with E-state index in [1.165, 1.54) is 0 Å². The number of thioether (sulfide) groups is 1. The number of ether oxygens (including phenoxy) is 1. The summed E-state index contributed by atoms with van der Waals surface area (Å²) in [5, 5.41) is 12.0. The number of nitrogens with one attached hydrogen (secondary N) is 1. The molecule has 114 valence electrons. The van der Waals surface area contributed by atoms with Crippen LogP contribution in [0.25, 0.3) is 0 Å². The van der Waals surface area contributed by atoms with Crippen molar-refractivity contribution in [1.29, 1.82) is 0 Å². The van der Waals surface area contributed by atoms with Crippen LogP contribution in [0.15, 0.2) is 33.9 Å². The lowest BCUT2D eigenvalue weighted by Crippen LogP contribution is -2.23. The van der Waals surface area contributed by atoms with E-state index in [9.17, 15) is 0 Å². The summed E-state index contributed by atoms with van der Waals surface area (Å²) < 4.78 is 11.1. The fourth-order valence-electron chi connectivity index (χ4n) is 2.05. The van der Waals surface area contributed by atoms with E-state index in [1.54, 1.807) is 18.7 Å². The fraction of sp³-hybridized carbons (Fsp3) is 0.467. The lowest BCUT2D eigenvalue weighted by atomic mass is 10.1. The highest BCUT2D eigenvalue weighted by Crippen LogP contribution is 2.29. The first-order valence-electron chi connectivity index (χ1n) is 7.12. The molecule has 21 heavy (non-hydrogen) atoms. The average molecular weight is 307 g/mol. The largest absolute Gasteiger partial charge is 0.494 e. The minimum Gasteiger partial charge on any atom is -0.494 e. The van der Waals surface area contributed by atoms with Crippen molar-refractivity contribution in [2.24, 2.45) is 0 Å². The Morgan fingerprint density at radius 2 is 2.10 bits per heavy atom. The lowest BCUT2D eigenvalue weighted by molar-refractivity contribution is 0.333. The van der Waals surface area contributed by atoms with Gasteiger partial charge in [-0.05, 0) is 19.5 Å². The standard InChI is InChI=1S/C15H21N3O2S/c1-4-16-13(10-21-15-18-17-11(3)20-15)12-8-6-7-9-14(12)19-5-2/h6-9,13,16H,4-5,10H2,1-3H3. The molecule has 0 saturated heterocycles. The molecule has 0 fully saturated rings. The number of benzene rings is 1. The molecule has 0 saturated carbocycles. The highest BCUT2D eigenvalue weighted by Gasteiger charge is 2.17. The van der Waals surface area contributed by atoms with Crippen molar-refractivity contribution in [3.05, 3.63) is 35.7 Å². The van der Waals surface area contributed by atoms with E-state index in [-0.39, 0.29) is 6.04 Å². The second kappa shape index (κ2) is 8.05. The molecule has 0 amide bonds. The molecule has 0 spiro atoms. The Morgan fingerprint density at radius 3 is 2.76 bits per heavy atom. The van der Waals surface area contributed by atoms with Crippen LogP contribution in [0.1, 0.15) is 31.3 Å². The molecule has 0 aliphatic heterocycles. The van der Waals surface area contributed by atoms with Crippen molar-refractivity contribution >= 4 is 11.8 Å². The summed E-state index contributed by atoms with van der Waals surface area (Å²) >= 11 is 1.55. The molecule has 1 heterocycles. The van der Waals surface area contributed by atoms with Crippen LogP contribution in [0, 0.1) is 6.92 Å². The second-order valence-electron chi connectivity index (χ2n) is 4.48. The van der Waals surface area contributed by atoms with E-state index in [0.717, 1.165) is 23.6 Å². The van der Waals surface area contributed by atoms with Gasteiger partial charge < -0.3 is 14.5 Å². The Hall–Kier alpha value is -1.53. The number of nitrogens with zero attached hydrogens (tertiary/aromatic N) is 2. The van der Waals surface area contributed by atoms with Crippen LogP contribution in [0.5, 0.6) is 5.75 Å². The zero-order valence-electron chi connectivity index (χ0n) is 12.6. The van der Waals surface area contributed by atoms with Crippen LogP contribution >= 0.6 is 11.8 Å². The van der Waals surface area contributed by atoms with Crippen molar-refractivity contribution in [3.63, 3.8) is 0 Å². The van der Waals surface area contributed by atoms with Gasteiger partial charge in [0.2, 0.25) is 5.89 Å². The summed E-state index contributed by atoms with van der Waals surface area (Å²) in [4.78, 5) is 0. The van der Waals surface area contributed by atoms with Gasteiger partial charge in [-0.25, -0.2) is 0 Å². The molecule has 2 rings (SSSR count). The maximum Gasteiger partial charge on any atom is 0.276 e. The fourth-order valence-corrected chi connectivity index (χ4v) is 2.94. The van der Waals surface area contributed by atoms with Gasteiger partial charge in [0.15, 0.2) is 0 Å². The molecular formula is C15H21N3O2S. The first-order chi connectivity index (χ1) is 10.2. The topological polar surface area (TPSA) is 60.2 Å². The highest BCUT2D eigenvalue weighted by atomic mass is 32.2. The van der Waals surface area contributed by atoms with Gasteiger partial charge in [0.05, 0.1) is 6.61 Å². The second-order valence-corrected chi connectivity index (χ2v) is 5.45. The molecule has 1 aromatic carbocycles. The van der Waals surface area contributed by atoms with Gasteiger partial charge in [0.25, 0.3) is 5.22 Å². The third kappa shape index (κ3) is 4.47.